The van der Waals surface area contributed by atoms with Crippen LogP contribution in [-0.4, -0.2) is 34.0 Å². The van der Waals surface area contributed by atoms with Crippen molar-refractivity contribution in [3.05, 3.63) is 41.6 Å². The van der Waals surface area contributed by atoms with Gasteiger partial charge in [-0.25, -0.2) is 4.98 Å². The molecule has 1 aromatic heterocycles. The normalized spacial score (nSPS) is 21.3. The van der Waals surface area contributed by atoms with E-state index in [0.29, 0.717) is 42.3 Å². The molecule has 7 nitrogen and oxygen atoms in total. The largest absolute Gasteiger partial charge is 0.492 e. The number of nitrogens with one attached hydrogen (secondary N) is 1. The zero-order chi connectivity index (χ0) is 17.4. The molecular weight excluding hydrogens is 324 g/mol. The van der Waals surface area contributed by atoms with Crippen LogP contribution in [0, 0.1) is 5.92 Å². The van der Waals surface area contributed by atoms with Gasteiger partial charge in [0.15, 0.2) is 0 Å². The average molecular weight is 342 g/mol. The summed E-state index contributed by atoms with van der Waals surface area (Å²) < 4.78 is 11.5. The highest BCUT2D eigenvalue weighted by Gasteiger charge is 2.26. The fourth-order valence-electron chi connectivity index (χ4n) is 3.17. The molecule has 1 aromatic carbocycles. The third-order valence-corrected chi connectivity index (χ3v) is 4.50. The highest BCUT2D eigenvalue weighted by atomic mass is 16.5. The van der Waals surface area contributed by atoms with Crippen LogP contribution in [0.3, 0.4) is 0 Å². The molecule has 0 spiro atoms. The Hall–Kier alpha value is -2.80. The van der Waals surface area contributed by atoms with Crippen LogP contribution in [-0.2, 0) is 17.6 Å². The predicted molar refractivity (Wildman–Crippen MR) is 89.0 cm³/mol. The van der Waals surface area contributed by atoms with Gasteiger partial charge in [-0.3, -0.25) is 4.79 Å². The highest BCUT2D eigenvalue weighted by molar-refractivity contribution is 5.71. The summed E-state index contributed by atoms with van der Waals surface area (Å²) in [7, 11) is 0. The number of aromatic nitrogens is 1. The zero-order valence-electron chi connectivity index (χ0n) is 13.4. The van der Waals surface area contributed by atoms with Crippen LogP contribution in [0.1, 0.15) is 17.5 Å². The van der Waals surface area contributed by atoms with Crippen LogP contribution in [0.25, 0.3) is 0 Å². The van der Waals surface area contributed by atoms with Crippen molar-refractivity contribution in [1.82, 2.24) is 4.98 Å². The maximum atomic E-state index is 11.2. The number of aliphatic hydroxyl groups is 1. The first-order chi connectivity index (χ1) is 12.1. The molecule has 25 heavy (non-hydrogen) atoms. The van der Waals surface area contributed by atoms with Crippen LogP contribution in [0.4, 0.5) is 5.82 Å². The van der Waals surface area contributed by atoms with E-state index >= 15 is 0 Å². The molecule has 0 radical (unpaired) electrons. The number of aliphatic hydroxyl groups excluding tert-OH is 1. The highest BCUT2D eigenvalue weighted by Crippen LogP contribution is 2.36. The van der Waals surface area contributed by atoms with E-state index < -0.39 is 18.1 Å². The van der Waals surface area contributed by atoms with Crippen molar-refractivity contribution in [2.45, 2.75) is 25.5 Å². The second kappa shape index (κ2) is 6.25. The topological polar surface area (TPSA) is 101 Å². The summed E-state index contributed by atoms with van der Waals surface area (Å²) in [6.45, 7) is 0.189. The Labute approximate surface area is 144 Å². The average Bonchev–Trinajstić information content (AvgIpc) is 2.61. The number of rotatable bonds is 3. The molecule has 2 aromatic rings. The number of ether oxygens (including phenoxy) is 2. The van der Waals surface area contributed by atoms with E-state index in [2.05, 4.69) is 10.3 Å². The van der Waals surface area contributed by atoms with Gasteiger partial charge in [0.25, 0.3) is 0 Å². The third kappa shape index (κ3) is 3.10. The van der Waals surface area contributed by atoms with Gasteiger partial charge in [-0.1, -0.05) is 0 Å². The number of carboxylic acids is 1. The molecule has 2 unspecified atom stereocenters. The van der Waals surface area contributed by atoms with E-state index in [0.717, 1.165) is 11.1 Å². The van der Waals surface area contributed by atoms with Gasteiger partial charge in [-0.2, -0.15) is 0 Å². The fourth-order valence-corrected chi connectivity index (χ4v) is 3.17. The smallest absolute Gasteiger partial charge is 0.310 e. The van der Waals surface area contributed by atoms with Gasteiger partial charge < -0.3 is 25.0 Å². The van der Waals surface area contributed by atoms with E-state index in [9.17, 15) is 15.0 Å². The number of carboxylic acid groups (broad SMARTS) is 1. The molecule has 0 bridgehead atoms. The maximum absolute atomic E-state index is 11.2. The number of fused-ring (bicyclic) bond motifs is 2. The van der Waals surface area contributed by atoms with Crippen molar-refractivity contribution < 1.29 is 24.5 Å². The Bertz CT molecular complexity index is 823. The van der Waals surface area contributed by atoms with Crippen LogP contribution in [0.5, 0.6) is 17.2 Å². The van der Waals surface area contributed by atoms with Gasteiger partial charge in [0.2, 0.25) is 0 Å². The standard InChI is InChI=1S/C18H18N2O5/c21-16-4-2-13-15(5-6-19-17(13)20-16)25-12-1-3-14-10(8-12)7-11(9-24-14)18(22)23/h1,3,5-6,8,11,16,21H,2,4,7,9H2,(H,19,20)(H,22,23). The first kappa shape index (κ1) is 15.7. The molecule has 0 fully saturated rings. The van der Waals surface area contributed by atoms with E-state index in [1.165, 1.54) is 0 Å². The first-order valence-electron chi connectivity index (χ1n) is 8.19. The molecule has 3 N–H and O–H groups in total. The lowest BCUT2D eigenvalue weighted by Gasteiger charge is -2.25. The van der Waals surface area contributed by atoms with Gasteiger partial charge in [0.05, 0.1) is 5.92 Å². The minimum absolute atomic E-state index is 0.189. The lowest BCUT2D eigenvalue weighted by Crippen LogP contribution is -2.27. The van der Waals surface area contributed by atoms with Crippen molar-refractivity contribution in [2.24, 2.45) is 5.92 Å². The zero-order valence-corrected chi connectivity index (χ0v) is 13.4. The Morgan fingerprint density at radius 1 is 1.36 bits per heavy atom. The molecule has 7 heteroatoms. The number of nitrogens with zero attached hydrogens (tertiary/aromatic N) is 1. The van der Waals surface area contributed by atoms with E-state index in [1.807, 2.05) is 6.07 Å². The van der Waals surface area contributed by atoms with Gasteiger partial charge >= 0.3 is 5.97 Å². The summed E-state index contributed by atoms with van der Waals surface area (Å²) in [4.78, 5) is 15.4. The molecule has 2 aliphatic heterocycles. The molecule has 2 aliphatic rings. The Morgan fingerprint density at radius 2 is 2.24 bits per heavy atom. The van der Waals surface area contributed by atoms with E-state index in [1.54, 1.807) is 24.4 Å². The predicted octanol–water partition coefficient (Wildman–Crippen LogP) is 2.19. The quantitative estimate of drug-likeness (QED) is 0.786. The van der Waals surface area contributed by atoms with Gasteiger partial charge in [-0.15, -0.1) is 0 Å². The minimum atomic E-state index is -0.857. The first-order valence-corrected chi connectivity index (χ1v) is 8.19. The summed E-state index contributed by atoms with van der Waals surface area (Å²) in [6, 6.07) is 7.22. The molecule has 2 atom stereocenters. The van der Waals surface area contributed by atoms with Gasteiger partial charge in [0.1, 0.15) is 35.9 Å². The number of pyridine rings is 1. The number of benzene rings is 1. The van der Waals surface area contributed by atoms with E-state index in [4.69, 9.17) is 9.47 Å². The van der Waals surface area contributed by atoms with Crippen LogP contribution in [0.2, 0.25) is 0 Å². The van der Waals surface area contributed by atoms with Crippen molar-refractivity contribution in [3.63, 3.8) is 0 Å². The third-order valence-electron chi connectivity index (χ3n) is 4.50. The molecule has 0 saturated heterocycles. The van der Waals surface area contributed by atoms with Gasteiger partial charge in [-0.05, 0) is 49.1 Å². The van der Waals surface area contributed by atoms with E-state index in [-0.39, 0.29) is 6.61 Å². The molecule has 0 aliphatic carbocycles. The molecule has 4 rings (SSSR count). The Morgan fingerprint density at radius 3 is 3.08 bits per heavy atom. The Kier molecular flexibility index (Phi) is 3.93. The van der Waals surface area contributed by atoms with Crippen LogP contribution >= 0.6 is 0 Å². The maximum Gasteiger partial charge on any atom is 0.310 e. The number of hydrogen-bond acceptors (Lipinski definition) is 6. The summed E-state index contributed by atoms with van der Waals surface area (Å²) in [5.74, 6) is 1.23. The molecule has 130 valence electrons. The second-order valence-electron chi connectivity index (χ2n) is 6.26. The monoisotopic (exact) mass is 342 g/mol. The van der Waals surface area contributed by atoms with Gasteiger partial charge in [0, 0.05) is 11.8 Å². The summed E-state index contributed by atoms with van der Waals surface area (Å²) >= 11 is 0. The summed E-state index contributed by atoms with van der Waals surface area (Å²) in [5.41, 5.74) is 1.75. The number of carbonyl (C=O) groups is 1. The fraction of sp³-hybridized carbons (Fsp3) is 0.333. The van der Waals surface area contributed by atoms with Crippen molar-refractivity contribution in [2.75, 3.05) is 11.9 Å². The molecule has 3 heterocycles. The SMILES string of the molecule is O=C(O)C1COc2ccc(Oc3ccnc4c3CCC(O)N4)cc2C1. The second-order valence-corrected chi connectivity index (χ2v) is 6.26. The number of anilines is 1. The van der Waals surface area contributed by atoms with Crippen LogP contribution in [0.15, 0.2) is 30.5 Å². The van der Waals surface area contributed by atoms with Crippen LogP contribution < -0.4 is 14.8 Å². The molecule has 0 amide bonds. The summed E-state index contributed by atoms with van der Waals surface area (Å²) in [6.07, 6.45) is 2.71. The molecule has 0 saturated carbocycles. The lowest BCUT2D eigenvalue weighted by molar-refractivity contribution is -0.143. The van der Waals surface area contributed by atoms with Crippen molar-refractivity contribution >= 4 is 11.8 Å². The number of hydrogen-bond donors (Lipinski definition) is 3. The number of aliphatic carboxylic acids is 1. The van der Waals surface area contributed by atoms with Crippen molar-refractivity contribution in [3.8, 4) is 17.2 Å². The van der Waals surface area contributed by atoms with Crippen molar-refractivity contribution in [1.29, 1.82) is 0 Å². The lowest BCUT2D eigenvalue weighted by atomic mass is 9.97. The molecular formula is C18H18N2O5. The summed E-state index contributed by atoms with van der Waals surface area (Å²) in [5, 5.41) is 21.8. The Balaban J connectivity index is 1.59. The minimum Gasteiger partial charge on any atom is -0.492 e.